The molecule has 2 N–H and O–H groups in total. The largest absolute Gasteiger partial charge is 0.495 e. The van der Waals surface area contributed by atoms with Crippen LogP contribution in [0.5, 0.6) is 5.75 Å². The molecule has 2 aromatic carbocycles. The quantitative estimate of drug-likeness (QED) is 0.304. The van der Waals surface area contributed by atoms with E-state index in [1.165, 1.54) is 61.7 Å². The third-order valence-corrected chi connectivity index (χ3v) is 5.99. The number of aromatic carboxylic acids is 1. The molecule has 1 atom stereocenters. The third-order valence-electron chi connectivity index (χ3n) is 5.76. The fraction of sp³-hybridized carbons (Fsp3) is 0.192. The minimum Gasteiger partial charge on any atom is -0.495 e. The van der Waals surface area contributed by atoms with Gasteiger partial charge in [0.05, 0.1) is 18.9 Å². The minimum atomic E-state index is -1.08. The van der Waals surface area contributed by atoms with Crippen molar-refractivity contribution < 1.29 is 28.6 Å². The Bertz CT molecular complexity index is 1500. The topological polar surface area (TPSA) is 146 Å². The van der Waals surface area contributed by atoms with Crippen molar-refractivity contribution in [1.29, 1.82) is 0 Å². The molecule has 0 saturated heterocycles. The molecule has 11 nitrogen and oxygen atoms in total. The van der Waals surface area contributed by atoms with Crippen molar-refractivity contribution in [3.8, 4) is 28.3 Å². The number of amides is 1. The van der Waals surface area contributed by atoms with Crippen LogP contribution in [0.25, 0.3) is 22.6 Å². The molecule has 1 unspecified atom stereocenters. The number of carboxylic acid groups (broad SMARTS) is 1. The molecule has 0 radical (unpaired) electrons. The molecule has 12 heteroatoms. The lowest BCUT2D eigenvalue weighted by molar-refractivity contribution is -0.119. The zero-order chi connectivity index (χ0) is 27.2. The summed E-state index contributed by atoms with van der Waals surface area (Å²) in [7, 11) is 2.93. The summed E-state index contributed by atoms with van der Waals surface area (Å²) in [5.41, 5.74) is 1.47. The number of aromatic nitrogens is 3. The Morgan fingerprint density at radius 3 is 2.50 bits per heavy atom. The van der Waals surface area contributed by atoms with Gasteiger partial charge in [0.25, 0.3) is 5.56 Å². The molecular weight excluding hydrogens is 516 g/mol. The molecule has 196 valence electrons. The first-order chi connectivity index (χ1) is 18.3. The lowest BCUT2D eigenvalue weighted by atomic mass is 9.99. The number of rotatable bonds is 10. The minimum absolute atomic E-state index is 0.0800. The van der Waals surface area contributed by atoms with E-state index in [2.05, 4.69) is 15.5 Å². The van der Waals surface area contributed by atoms with E-state index < -0.39 is 23.5 Å². The summed E-state index contributed by atoms with van der Waals surface area (Å²) in [6, 6.07) is 11.1. The van der Waals surface area contributed by atoms with Crippen molar-refractivity contribution in [1.82, 2.24) is 14.8 Å². The zero-order valence-corrected chi connectivity index (χ0v) is 21.1. The second-order valence-electron chi connectivity index (χ2n) is 8.10. The van der Waals surface area contributed by atoms with Gasteiger partial charge in [0.15, 0.2) is 0 Å². The van der Waals surface area contributed by atoms with Gasteiger partial charge < -0.3 is 24.3 Å². The van der Waals surface area contributed by atoms with E-state index >= 15 is 0 Å². The number of nitrogens with zero attached hydrogens (tertiary/aromatic N) is 3. The number of hydrogen-bond acceptors (Lipinski definition) is 8. The van der Waals surface area contributed by atoms with Crippen LogP contribution in [-0.2, 0) is 9.53 Å². The van der Waals surface area contributed by atoms with Gasteiger partial charge in [-0.1, -0.05) is 11.6 Å². The first-order valence-electron chi connectivity index (χ1n) is 11.3. The molecule has 4 rings (SSSR count). The number of anilines is 1. The highest BCUT2D eigenvalue weighted by atomic mass is 35.5. The van der Waals surface area contributed by atoms with Crippen molar-refractivity contribution in [3.63, 3.8) is 0 Å². The van der Waals surface area contributed by atoms with E-state index in [0.29, 0.717) is 33.1 Å². The average molecular weight is 539 g/mol. The Kier molecular flexibility index (Phi) is 8.19. The molecule has 0 bridgehead atoms. The van der Waals surface area contributed by atoms with Crippen molar-refractivity contribution in [2.45, 2.75) is 12.5 Å². The standard InChI is InChI=1S/C26H23ClN4O7/c1-36-10-9-21(24(33)29-17-6-3-15(4-7-17)26(34)35)31-13-22(37-2)20(12-23(31)32)19-11-16(27)5-8-18(19)25-30-28-14-38-25/h3-8,11-14,21H,9-10H2,1-2H3,(H,29,33)(H,34,35). The number of halogens is 1. The molecule has 0 spiro atoms. The molecule has 0 saturated carbocycles. The molecule has 2 aromatic heterocycles. The number of methoxy groups -OCH3 is 2. The van der Waals surface area contributed by atoms with E-state index in [9.17, 15) is 14.4 Å². The van der Waals surface area contributed by atoms with Gasteiger partial charge in [-0.3, -0.25) is 14.2 Å². The molecule has 2 heterocycles. The number of carbonyl (C=O) groups excluding carboxylic acids is 1. The maximum absolute atomic E-state index is 13.4. The van der Waals surface area contributed by atoms with Gasteiger partial charge in [0, 0.05) is 48.0 Å². The van der Waals surface area contributed by atoms with Crippen LogP contribution >= 0.6 is 11.6 Å². The predicted molar refractivity (Wildman–Crippen MR) is 139 cm³/mol. The van der Waals surface area contributed by atoms with E-state index in [1.54, 1.807) is 18.2 Å². The molecule has 0 aliphatic rings. The van der Waals surface area contributed by atoms with Crippen LogP contribution in [0.3, 0.4) is 0 Å². The highest BCUT2D eigenvalue weighted by Crippen LogP contribution is 2.37. The van der Waals surface area contributed by atoms with Gasteiger partial charge >= 0.3 is 5.97 Å². The van der Waals surface area contributed by atoms with Crippen LogP contribution < -0.4 is 15.6 Å². The van der Waals surface area contributed by atoms with E-state index in [-0.39, 0.29) is 24.5 Å². The number of pyridine rings is 1. The Hall–Kier alpha value is -4.48. The third kappa shape index (κ3) is 5.74. The zero-order valence-electron chi connectivity index (χ0n) is 20.4. The Morgan fingerprint density at radius 2 is 1.87 bits per heavy atom. The van der Waals surface area contributed by atoms with Crippen molar-refractivity contribution in [2.24, 2.45) is 0 Å². The first-order valence-corrected chi connectivity index (χ1v) is 11.7. The summed E-state index contributed by atoms with van der Waals surface area (Å²) >= 11 is 6.26. The van der Waals surface area contributed by atoms with E-state index in [1.807, 2.05) is 0 Å². The van der Waals surface area contributed by atoms with E-state index in [4.69, 9.17) is 30.6 Å². The Labute approximate surface area is 221 Å². The lowest BCUT2D eigenvalue weighted by Gasteiger charge is -2.21. The normalized spacial score (nSPS) is 11.7. The van der Waals surface area contributed by atoms with Crippen LogP contribution in [0.15, 0.2) is 70.3 Å². The molecular formula is C26H23ClN4O7. The predicted octanol–water partition coefficient (Wildman–Crippen LogP) is 4.14. The second-order valence-corrected chi connectivity index (χ2v) is 8.54. The van der Waals surface area contributed by atoms with Gasteiger partial charge in [-0.15, -0.1) is 10.2 Å². The first kappa shape index (κ1) is 26.6. The summed E-state index contributed by atoms with van der Waals surface area (Å²) in [4.78, 5) is 37.8. The summed E-state index contributed by atoms with van der Waals surface area (Å²) < 4.78 is 17.4. The number of ether oxygens (including phenoxy) is 2. The molecule has 1 amide bonds. The van der Waals surface area contributed by atoms with Crippen LogP contribution in [-0.4, -0.2) is 52.6 Å². The van der Waals surface area contributed by atoms with Gasteiger partial charge in [-0.05, 0) is 48.0 Å². The molecule has 0 aliphatic heterocycles. The lowest BCUT2D eigenvalue weighted by Crippen LogP contribution is -2.34. The number of hydrogen-bond donors (Lipinski definition) is 2. The van der Waals surface area contributed by atoms with Crippen LogP contribution in [0, 0.1) is 0 Å². The Morgan fingerprint density at radius 1 is 1.11 bits per heavy atom. The Balaban J connectivity index is 1.74. The number of carboxylic acids is 1. The number of carbonyl (C=O) groups is 2. The van der Waals surface area contributed by atoms with Crippen molar-refractivity contribution in [3.05, 3.63) is 82.1 Å². The van der Waals surface area contributed by atoms with Gasteiger partial charge in [0.2, 0.25) is 18.2 Å². The summed E-state index contributed by atoms with van der Waals surface area (Å²) in [5.74, 6) is -1.04. The maximum Gasteiger partial charge on any atom is 0.335 e. The molecule has 4 aromatic rings. The number of nitrogens with one attached hydrogen (secondary N) is 1. The smallest absolute Gasteiger partial charge is 0.335 e. The maximum atomic E-state index is 13.4. The van der Waals surface area contributed by atoms with E-state index in [0.717, 1.165) is 0 Å². The van der Waals surface area contributed by atoms with Gasteiger partial charge in [-0.25, -0.2) is 4.79 Å². The number of benzene rings is 2. The second kappa shape index (κ2) is 11.7. The average Bonchev–Trinajstić information content (AvgIpc) is 3.44. The fourth-order valence-corrected chi connectivity index (χ4v) is 4.08. The molecule has 38 heavy (non-hydrogen) atoms. The molecule has 0 aliphatic carbocycles. The van der Waals surface area contributed by atoms with Crippen molar-refractivity contribution in [2.75, 3.05) is 26.1 Å². The van der Waals surface area contributed by atoms with Gasteiger partial charge in [0.1, 0.15) is 11.8 Å². The van der Waals surface area contributed by atoms with Gasteiger partial charge in [-0.2, -0.15) is 0 Å². The highest BCUT2D eigenvalue weighted by Gasteiger charge is 2.25. The highest BCUT2D eigenvalue weighted by molar-refractivity contribution is 6.31. The fourth-order valence-electron chi connectivity index (χ4n) is 3.91. The SMILES string of the molecule is COCCC(C(=O)Nc1ccc(C(=O)O)cc1)n1cc(OC)c(-c2cc(Cl)ccc2-c2nnco2)cc1=O. The van der Waals surface area contributed by atoms with Crippen LogP contribution in [0.2, 0.25) is 5.02 Å². The molecule has 0 fully saturated rings. The van der Waals surface area contributed by atoms with Crippen LogP contribution in [0.4, 0.5) is 5.69 Å². The van der Waals surface area contributed by atoms with Crippen LogP contribution in [0.1, 0.15) is 22.8 Å². The summed E-state index contributed by atoms with van der Waals surface area (Å²) in [6.07, 6.45) is 2.82. The van der Waals surface area contributed by atoms with Crippen molar-refractivity contribution >= 4 is 29.2 Å². The summed E-state index contributed by atoms with van der Waals surface area (Å²) in [6.45, 7) is 0.197. The monoisotopic (exact) mass is 538 g/mol. The summed E-state index contributed by atoms with van der Waals surface area (Å²) in [5, 5.41) is 19.9.